The molecule has 1 aliphatic rings. The van der Waals surface area contributed by atoms with Crippen molar-refractivity contribution in [3.63, 3.8) is 0 Å². The van der Waals surface area contributed by atoms with Gasteiger partial charge in [0.25, 0.3) is 5.91 Å². The summed E-state index contributed by atoms with van der Waals surface area (Å²) in [5, 5.41) is 4.94. The van der Waals surface area contributed by atoms with Crippen molar-refractivity contribution >= 4 is 38.7 Å². The summed E-state index contributed by atoms with van der Waals surface area (Å²) in [6, 6.07) is 2.87. The maximum Gasteiger partial charge on any atom is 0.262 e. The zero-order valence-corrected chi connectivity index (χ0v) is 11.4. The van der Waals surface area contributed by atoms with E-state index in [1.54, 1.807) is 0 Å². The number of ether oxygens (including phenoxy) is 1. The molecule has 0 spiro atoms. The normalized spacial score (nSPS) is 13.9. The Morgan fingerprint density at radius 3 is 2.85 bits per heavy atom. The Morgan fingerprint density at radius 1 is 1.50 bits per heavy atom. The van der Waals surface area contributed by atoms with Gasteiger partial charge in [0.2, 0.25) is 5.91 Å². The molecule has 0 radical (unpaired) electrons. The van der Waals surface area contributed by atoms with Crippen molar-refractivity contribution in [3.05, 3.63) is 12.1 Å². The third-order valence-electron chi connectivity index (χ3n) is 2.45. The fraction of sp³-hybridized carbons (Fsp3) is 0.273. The van der Waals surface area contributed by atoms with Crippen molar-refractivity contribution in [2.24, 2.45) is 0 Å². The Morgan fingerprint density at radius 2 is 2.20 bits per heavy atom. The molecule has 0 saturated heterocycles. The van der Waals surface area contributed by atoms with Gasteiger partial charge in [0.05, 0.1) is 17.1 Å². The molecule has 0 aliphatic carbocycles. The fourth-order valence-corrected chi connectivity index (χ4v) is 2.22. The molecular weight excluding hydrogens is 286 g/mol. The number of hydrogen-bond donors (Lipinski definition) is 3. The maximum absolute atomic E-state index is 11.5. The fourth-order valence-electron chi connectivity index (χ4n) is 1.67. The van der Waals surface area contributed by atoms with Crippen LogP contribution < -0.4 is 21.1 Å². The van der Waals surface area contributed by atoms with Gasteiger partial charge < -0.3 is 21.1 Å². The van der Waals surface area contributed by atoms with Crippen LogP contribution in [0.4, 0.5) is 17.1 Å². The number of amides is 2. The minimum absolute atomic E-state index is 0.105. The third kappa shape index (κ3) is 3.38. The van der Waals surface area contributed by atoms with Gasteiger partial charge in [-0.1, -0.05) is 0 Å². The predicted octanol–water partition coefficient (Wildman–Crippen LogP) is -0.417. The lowest BCUT2D eigenvalue weighted by Crippen LogP contribution is -2.26. The van der Waals surface area contributed by atoms with Gasteiger partial charge in [0, 0.05) is 12.3 Å². The number of sulfone groups is 1. The molecule has 8 nitrogen and oxygen atoms in total. The van der Waals surface area contributed by atoms with E-state index in [2.05, 4.69) is 10.6 Å². The van der Waals surface area contributed by atoms with E-state index >= 15 is 0 Å². The lowest BCUT2D eigenvalue weighted by molar-refractivity contribution is -0.118. The van der Waals surface area contributed by atoms with Crippen molar-refractivity contribution in [1.29, 1.82) is 0 Å². The number of nitrogen functional groups attached to an aromatic ring is 1. The van der Waals surface area contributed by atoms with Crippen LogP contribution in [0, 0.1) is 0 Å². The second kappa shape index (κ2) is 5.00. The Hall–Kier alpha value is -2.29. The topological polar surface area (TPSA) is 128 Å². The minimum atomic E-state index is -3.43. The van der Waals surface area contributed by atoms with Crippen LogP contribution in [-0.2, 0) is 19.4 Å². The Bertz CT molecular complexity index is 684. The summed E-state index contributed by atoms with van der Waals surface area (Å²) in [6.07, 6.45) is 0.955. The van der Waals surface area contributed by atoms with Gasteiger partial charge in [0.15, 0.2) is 16.4 Å². The summed E-state index contributed by atoms with van der Waals surface area (Å²) in [5.41, 5.74) is 6.52. The molecule has 1 aliphatic heterocycles. The summed E-state index contributed by atoms with van der Waals surface area (Å²) in [7, 11) is -3.43. The molecule has 9 heteroatoms. The summed E-state index contributed by atoms with van der Waals surface area (Å²) in [4.78, 5) is 22.7. The van der Waals surface area contributed by atoms with Crippen LogP contribution in [0.2, 0.25) is 0 Å². The molecule has 108 valence electrons. The molecule has 0 saturated carbocycles. The van der Waals surface area contributed by atoms with E-state index in [1.807, 2.05) is 0 Å². The first-order chi connectivity index (χ1) is 9.24. The second-order valence-corrected chi connectivity index (χ2v) is 6.53. The second-order valence-electron chi connectivity index (χ2n) is 4.39. The van der Waals surface area contributed by atoms with Crippen LogP contribution in [0.1, 0.15) is 0 Å². The van der Waals surface area contributed by atoms with E-state index in [0.717, 1.165) is 6.26 Å². The largest absolute Gasteiger partial charge is 0.482 e. The van der Waals surface area contributed by atoms with Crippen molar-refractivity contribution in [3.8, 4) is 5.75 Å². The molecule has 20 heavy (non-hydrogen) atoms. The zero-order valence-electron chi connectivity index (χ0n) is 10.6. The highest BCUT2D eigenvalue weighted by Crippen LogP contribution is 2.35. The first kappa shape index (κ1) is 14.1. The number of rotatable bonds is 3. The highest BCUT2D eigenvalue weighted by Gasteiger charge is 2.19. The molecule has 1 aromatic rings. The number of anilines is 3. The highest BCUT2D eigenvalue weighted by molar-refractivity contribution is 7.91. The Labute approximate surface area is 115 Å². The van der Waals surface area contributed by atoms with E-state index in [-0.39, 0.29) is 23.9 Å². The molecule has 2 rings (SSSR count). The smallest absolute Gasteiger partial charge is 0.262 e. The molecule has 0 bridgehead atoms. The predicted molar refractivity (Wildman–Crippen MR) is 73.3 cm³/mol. The highest BCUT2D eigenvalue weighted by atomic mass is 32.2. The monoisotopic (exact) mass is 299 g/mol. The number of nitrogens with two attached hydrogens (primary N) is 1. The van der Waals surface area contributed by atoms with E-state index in [1.165, 1.54) is 12.1 Å². The number of benzene rings is 1. The van der Waals surface area contributed by atoms with Crippen LogP contribution in [0.15, 0.2) is 12.1 Å². The average molecular weight is 299 g/mol. The van der Waals surface area contributed by atoms with Crippen molar-refractivity contribution in [2.45, 2.75) is 0 Å². The molecule has 2 amide bonds. The number of carbonyl (C=O) groups excluding carboxylic acids is 2. The van der Waals surface area contributed by atoms with Crippen LogP contribution in [0.5, 0.6) is 5.75 Å². The van der Waals surface area contributed by atoms with Crippen LogP contribution in [0.25, 0.3) is 0 Å². The van der Waals surface area contributed by atoms with Gasteiger partial charge in [-0.25, -0.2) is 8.42 Å². The molecular formula is C11H13N3O5S. The molecule has 0 unspecified atom stereocenters. The van der Waals surface area contributed by atoms with Gasteiger partial charge in [-0.3, -0.25) is 9.59 Å². The molecule has 1 heterocycles. The Kier molecular flexibility index (Phi) is 3.53. The molecule has 1 aromatic carbocycles. The van der Waals surface area contributed by atoms with Gasteiger partial charge in [-0.15, -0.1) is 0 Å². The van der Waals surface area contributed by atoms with Crippen LogP contribution in [0.3, 0.4) is 0 Å². The summed E-state index contributed by atoms with van der Waals surface area (Å²) in [5.74, 6) is -1.28. The van der Waals surface area contributed by atoms with Crippen molar-refractivity contribution in [1.82, 2.24) is 0 Å². The quantitative estimate of drug-likeness (QED) is 0.651. The Balaban J connectivity index is 2.22. The van der Waals surface area contributed by atoms with E-state index < -0.39 is 21.5 Å². The minimum Gasteiger partial charge on any atom is -0.482 e. The molecule has 0 aromatic heterocycles. The van der Waals surface area contributed by atoms with Gasteiger partial charge >= 0.3 is 0 Å². The molecule has 0 fully saturated rings. The van der Waals surface area contributed by atoms with Gasteiger partial charge in [0.1, 0.15) is 11.5 Å². The first-order valence-corrected chi connectivity index (χ1v) is 7.64. The maximum atomic E-state index is 11.5. The van der Waals surface area contributed by atoms with E-state index in [9.17, 15) is 18.0 Å². The third-order valence-corrected chi connectivity index (χ3v) is 3.24. The SMILES string of the molecule is CS(=O)(=O)CC(=O)Nc1cc2c(cc1N)OCC(=O)N2. The summed E-state index contributed by atoms with van der Waals surface area (Å²) in [6.45, 7) is -0.105. The number of nitrogens with one attached hydrogen (secondary N) is 2. The molecule has 4 N–H and O–H groups in total. The van der Waals surface area contributed by atoms with Crippen LogP contribution >= 0.6 is 0 Å². The standard InChI is InChI=1S/C11H13N3O5S/c1-20(17,18)5-11(16)13-7-3-8-9(2-6(7)12)19-4-10(15)14-8/h2-3H,4-5,12H2,1H3,(H,13,16)(H,14,15). The number of hydrogen-bond acceptors (Lipinski definition) is 6. The average Bonchev–Trinajstić information content (AvgIpc) is 2.28. The zero-order chi connectivity index (χ0) is 14.9. The number of fused-ring (bicyclic) bond motifs is 1. The van der Waals surface area contributed by atoms with E-state index in [4.69, 9.17) is 10.5 Å². The van der Waals surface area contributed by atoms with Gasteiger partial charge in [-0.2, -0.15) is 0 Å². The van der Waals surface area contributed by atoms with E-state index in [0.29, 0.717) is 11.4 Å². The lowest BCUT2D eigenvalue weighted by atomic mass is 10.2. The van der Waals surface area contributed by atoms with Crippen molar-refractivity contribution in [2.75, 3.05) is 35.0 Å². The number of carbonyl (C=O) groups is 2. The molecule has 0 atom stereocenters. The lowest BCUT2D eigenvalue weighted by Gasteiger charge is -2.20. The van der Waals surface area contributed by atoms with Crippen LogP contribution in [-0.4, -0.2) is 38.8 Å². The first-order valence-electron chi connectivity index (χ1n) is 5.58. The summed E-state index contributed by atoms with van der Waals surface area (Å²) >= 11 is 0. The summed E-state index contributed by atoms with van der Waals surface area (Å²) < 4.78 is 27.2. The van der Waals surface area contributed by atoms with Crippen molar-refractivity contribution < 1.29 is 22.7 Å². The van der Waals surface area contributed by atoms with Gasteiger partial charge in [-0.05, 0) is 6.07 Å².